The summed E-state index contributed by atoms with van der Waals surface area (Å²) < 4.78 is 7.16. The van der Waals surface area contributed by atoms with Crippen LogP contribution in [0.1, 0.15) is 10.4 Å². The van der Waals surface area contributed by atoms with Gasteiger partial charge in [0.25, 0.3) is 5.91 Å². The summed E-state index contributed by atoms with van der Waals surface area (Å²) in [5, 5.41) is 0.695. The molecule has 0 saturated heterocycles. The minimum absolute atomic E-state index is 0. The van der Waals surface area contributed by atoms with E-state index in [1.165, 1.54) is 11.3 Å². The number of halogens is 2. The van der Waals surface area contributed by atoms with E-state index in [9.17, 15) is 4.79 Å². The summed E-state index contributed by atoms with van der Waals surface area (Å²) in [5.74, 6) is 0.727. The number of likely N-dealkylation sites (N-methyl/N-ethyl adjacent to an activating group) is 1. The average Bonchev–Trinajstić information content (AvgIpc) is 3.04. The maximum absolute atomic E-state index is 13.1. The van der Waals surface area contributed by atoms with Crippen LogP contribution in [-0.4, -0.2) is 50.1 Å². The van der Waals surface area contributed by atoms with E-state index >= 15 is 0 Å². The second kappa shape index (κ2) is 9.50. The lowest BCUT2D eigenvalue weighted by atomic mass is 10.2. The Hall–Kier alpha value is -1.67. The van der Waals surface area contributed by atoms with Gasteiger partial charge in [-0.25, -0.2) is 4.98 Å². The summed E-state index contributed by atoms with van der Waals surface area (Å²) in [7, 11) is 5.62. The highest BCUT2D eigenvalue weighted by molar-refractivity contribution is 9.10. The van der Waals surface area contributed by atoms with E-state index in [4.69, 9.17) is 4.74 Å². The third-order valence-corrected chi connectivity index (χ3v) is 5.44. The zero-order valence-corrected chi connectivity index (χ0v) is 18.5. The van der Waals surface area contributed by atoms with Crippen molar-refractivity contribution in [3.63, 3.8) is 0 Å². The van der Waals surface area contributed by atoms with Crippen LogP contribution in [0.5, 0.6) is 5.75 Å². The molecule has 0 aliphatic heterocycles. The van der Waals surface area contributed by atoms with E-state index in [-0.39, 0.29) is 18.3 Å². The fourth-order valence-electron chi connectivity index (χ4n) is 2.50. The first-order chi connectivity index (χ1) is 12.5. The van der Waals surface area contributed by atoms with Crippen LogP contribution in [0, 0.1) is 0 Å². The van der Waals surface area contributed by atoms with Crippen LogP contribution in [0.15, 0.2) is 46.9 Å². The normalized spacial score (nSPS) is 10.7. The Kier molecular flexibility index (Phi) is 7.61. The van der Waals surface area contributed by atoms with Gasteiger partial charge >= 0.3 is 0 Å². The molecule has 144 valence electrons. The monoisotopic (exact) mass is 469 g/mol. The van der Waals surface area contributed by atoms with Crippen molar-refractivity contribution in [1.82, 2.24) is 9.88 Å². The second-order valence-electron chi connectivity index (χ2n) is 6.10. The number of amides is 1. The van der Waals surface area contributed by atoms with Crippen molar-refractivity contribution in [3.05, 3.63) is 52.5 Å². The highest BCUT2D eigenvalue weighted by Gasteiger charge is 2.21. The highest BCUT2D eigenvalue weighted by Crippen LogP contribution is 2.32. The molecule has 0 spiro atoms. The van der Waals surface area contributed by atoms with Gasteiger partial charge in [-0.1, -0.05) is 33.3 Å². The number of hydrogen-bond acceptors (Lipinski definition) is 5. The molecule has 0 fully saturated rings. The topological polar surface area (TPSA) is 45.7 Å². The fraction of sp³-hybridized carbons (Fsp3) is 0.263. The summed E-state index contributed by atoms with van der Waals surface area (Å²) in [4.78, 5) is 21.6. The molecule has 0 aliphatic rings. The molecule has 3 rings (SSSR count). The van der Waals surface area contributed by atoms with Crippen LogP contribution in [-0.2, 0) is 0 Å². The van der Waals surface area contributed by atoms with Crippen molar-refractivity contribution in [2.45, 2.75) is 0 Å². The predicted molar refractivity (Wildman–Crippen MR) is 118 cm³/mol. The predicted octanol–water partition coefficient (Wildman–Crippen LogP) is 4.70. The molecule has 1 amide bonds. The van der Waals surface area contributed by atoms with Gasteiger partial charge in [0.1, 0.15) is 5.75 Å². The Labute approximate surface area is 177 Å². The van der Waals surface area contributed by atoms with Crippen molar-refractivity contribution in [2.75, 3.05) is 39.2 Å². The second-order valence-corrected chi connectivity index (χ2v) is 8.03. The molecule has 2 aromatic carbocycles. The number of methoxy groups -OCH3 is 1. The average molecular weight is 471 g/mol. The first kappa shape index (κ1) is 21.6. The lowest BCUT2D eigenvalue weighted by molar-refractivity contribution is 0.0985. The van der Waals surface area contributed by atoms with E-state index in [1.54, 1.807) is 12.0 Å². The molecule has 1 heterocycles. The van der Waals surface area contributed by atoms with Crippen molar-refractivity contribution >= 4 is 60.9 Å². The van der Waals surface area contributed by atoms with Gasteiger partial charge in [0.15, 0.2) is 5.13 Å². The van der Waals surface area contributed by atoms with Crippen LogP contribution < -0.4 is 9.64 Å². The number of benzene rings is 2. The Morgan fingerprint density at radius 3 is 2.63 bits per heavy atom. The molecule has 0 radical (unpaired) electrons. The zero-order valence-electron chi connectivity index (χ0n) is 15.3. The maximum Gasteiger partial charge on any atom is 0.260 e. The molecule has 8 heteroatoms. The number of anilines is 1. The smallest absolute Gasteiger partial charge is 0.260 e. The third kappa shape index (κ3) is 5.19. The number of hydrogen-bond donors (Lipinski definition) is 0. The molecular weight excluding hydrogens is 450 g/mol. The largest absolute Gasteiger partial charge is 0.497 e. The number of rotatable bonds is 6. The Morgan fingerprint density at radius 2 is 1.96 bits per heavy atom. The Balaban J connectivity index is 0.00000261. The zero-order chi connectivity index (χ0) is 18.7. The number of carbonyl (C=O) groups excluding carboxylic acids is 1. The standard InChI is InChI=1S/C19H20BrN3O2S.ClH/c1-22(2)9-10-23(18(24)13-5-4-6-14(20)11-13)19-21-16-8-7-15(25-3)12-17(16)26-19;/h4-8,11-12H,9-10H2,1-3H3;1H. The van der Waals surface area contributed by atoms with Gasteiger partial charge < -0.3 is 9.64 Å². The lowest BCUT2D eigenvalue weighted by Gasteiger charge is -2.22. The van der Waals surface area contributed by atoms with Crippen molar-refractivity contribution < 1.29 is 9.53 Å². The molecule has 0 atom stereocenters. The number of carbonyl (C=O) groups is 1. The Bertz CT molecular complexity index is 932. The molecule has 3 aromatic rings. The van der Waals surface area contributed by atoms with E-state index in [2.05, 4.69) is 25.8 Å². The number of thiazole rings is 1. The van der Waals surface area contributed by atoms with E-state index in [0.29, 0.717) is 17.2 Å². The first-order valence-corrected chi connectivity index (χ1v) is 9.75. The summed E-state index contributed by atoms with van der Waals surface area (Å²) in [5.41, 5.74) is 1.50. The van der Waals surface area contributed by atoms with Crippen LogP contribution >= 0.6 is 39.7 Å². The van der Waals surface area contributed by atoms with Gasteiger partial charge in [-0.15, -0.1) is 12.4 Å². The molecule has 0 saturated carbocycles. The van der Waals surface area contributed by atoms with Crippen LogP contribution in [0.25, 0.3) is 10.2 Å². The van der Waals surface area contributed by atoms with Crippen LogP contribution in [0.4, 0.5) is 5.13 Å². The van der Waals surface area contributed by atoms with Gasteiger partial charge in [-0.2, -0.15) is 0 Å². The number of fused-ring (bicyclic) bond motifs is 1. The molecule has 0 unspecified atom stereocenters. The summed E-state index contributed by atoms with van der Waals surface area (Å²) in [6.45, 7) is 1.31. The summed E-state index contributed by atoms with van der Waals surface area (Å²) in [6.07, 6.45) is 0. The lowest BCUT2D eigenvalue weighted by Crippen LogP contribution is -2.36. The SMILES string of the molecule is COc1ccc2nc(N(CCN(C)C)C(=O)c3cccc(Br)c3)sc2c1.Cl. The van der Waals surface area contributed by atoms with Crippen molar-refractivity contribution in [1.29, 1.82) is 0 Å². The summed E-state index contributed by atoms with van der Waals surface area (Å²) in [6, 6.07) is 13.2. The minimum Gasteiger partial charge on any atom is -0.497 e. The minimum atomic E-state index is -0.0563. The maximum atomic E-state index is 13.1. The summed E-state index contributed by atoms with van der Waals surface area (Å²) >= 11 is 4.93. The van der Waals surface area contributed by atoms with Crippen molar-refractivity contribution in [2.24, 2.45) is 0 Å². The quantitative estimate of drug-likeness (QED) is 0.524. The van der Waals surface area contributed by atoms with Gasteiger partial charge in [0.2, 0.25) is 0 Å². The molecule has 5 nitrogen and oxygen atoms in total. The van der Waals surface area contributed by atoms with Gasteiger partial charge in [-0.05, 0) is 50.5 Å². The molecule has 1 aromatic heterocycles. The van der Waals surface area contributed by atoms with Gasteiger partial charge in [-0.3, -0.25) is 9.69 Å². The highest BCUT2D eigenvalue weighted by atomic mass is 79.9. The fourth-order valence-corrected chi connectivity index (χ4v) is 3.91. The number of nitrogens with zero attached hydrogens (tertiary/aromatic N) is 3. The third-order valence-electron chi connectivity index (χ3n) is 3.90. The van der Waals surface area contributed by atoms with E-state index in [1.807, 2.05) is 56.6 Å². The number of aromatic nitrogens is 1. The molecule has 27 heavy (non-hydrogen) atoms. The molecular formula is C19H21BrClN3O2S. The van der Waals surface area contributed by atoms with Crippen LogP contribution in [0.3, 0.4) is 0 Å². The first-order valence-electron chi connectivity index (χ1n) is 8.14. The van der Waals surface area contributed by atoms with Crippen LogP contribution in [0.2, 0.25) is 0 Å². The Morgan fingerprint density at radius 1 is 1.19 bits per heavy atom. The van der Waals surface area contributed by atoms with Crippen molar-refractivity contribution in [3.8, 4) is 5.75 Å². The number of ether oxygens (including phenoxy) is 1. The molecule has 0 N–H and O–H groups in total. The molecule has 0 bridgehead atoms. The van der Waals surface area contributed by atoms with E-state index in [0.717, 1.165) is 27.0 Å². The van der Waals surface area contributed by atoms with Gasteiger partial charge in [0, 0.05) is 23.1 Å². The van der Waals surface area contributed by atoms with Gasteiger partial charge in [0.05, 0.1) is 17.3 Å². The van der Waals surface area contributed by atoms with E-state index < -0.39 is 0 Å². The molecule has 0 aliphatic carbocycles.